The number of aromatic nitrogens is 3. The minimum atomic E-state index is -0.420. The third-order valence-corrected chi connectivity index (χ3v) is 1.95. The lowest BCUT2D eigenvalue weighted by Gasteiger charge is -2.00. The number of methoxy groups -OCH3 is 1. The van der Waals surface area contributed by atoms with Crippen LogP contribution in [0.1, 0.15) is 16.2 Å². The molecule has 0 aromatic carbocycles. The van der Waals surface area contributed by atoms with E-state index in [4.69, 9.17) is 9.26 Å². The Morgan fingerprint density at radius 1 is 1.41 bits per heavy atom. The molecule has 1 amide bonds. The van der Waals surface area contributed by atoms with Gasteiger partial charge >= 0.3 is 0 Å². The van der Waals surface area contributed by atoms with E-state index < -0.39 is 5.91 Å². The maximum atomic E-state index is 11.7. The van der Waals surface area contributed by atoms with E-state index in [1.165, 1.54) is 13.2 Å². The molecule has 0 atom stereocenters. The highest BCUT2D eigenvalue weighted by atomic mass is 16.5. The van der Waals surface area contributed by atoms with Gasteiger partial charge in [-0.2, -0.15) is 0 Å². The van der Waals surface area contributed by atoms with Crippen LogP contribution >= 0.6 is 0 Å². The van der Waals surface area contributed by atoms with E-state index in [-0.39, 0.29) is 11.6 Å². The van der Waals surface area contributed by atoms with Gasteiger partial charge in [0.05, 0.1) is 12.8 Å². The first-order valence-electron chi connectivity index (χ1n) is 4.81. The van der Waals surface area contributed by atoms with Gasteiger partial charge in [0.2, 0.25) is 11.8 Å². The third kappa shape index (κ3) is 2.57. The summed E-state index contributed by atoms with van der Waals surface area (Å²) in [6, 6.07) is 4.66. The average molecular weight is 234 g/mol. The highest BCUT2D eigenvalue weighted by molar-refractivity contribution is 6.01. The molecule has 0 aliphatic carbocycles. The number of nitrogens with one attached hydrogen (secondary N) is 1. The molecular formula is C10H10N4O3. The second-order valence-corrected chi connectivity index (χ2v) is 3.25. The van der Waals surface area contributed by atoms with Crippen LogP contribution in [0.3, 0.4) is 0 Å². The van der Waals surface area contributed by atoms with Crippen molar-refractivity contribution in [2.75, 3.05) is 12.4 Å². The molecule has 0 fully saturated rings. The largest absolute Gasteiger partial charge is 0.480 e. The van der Waals surface area contributed by atoms with Crippen molar-refractivity contribution < 1.29 is 14.1 Å². The Bertz CT molecular complexity index is 521. The monoisotopic (exact) mass is 234 g/mol. The summed E-state index contributed by atoms with van der Waals surface area (Å²) in [5.41, 5.74) is 0.848. The van der Waals surface area contributed by atoms with Crippen LogP contribution in [0.25, 0.3) is 0 Å². The summed E-state index contributed by atoms with van der Waals surface area (Å²) >= 11 is 0. The average Bonchev–Trinajstić information content (AvgIpc) is 2.75. The molecule has 0 spiro atoms. The van der Waals surface area contributed by atoms with Crippen molar-refractivity contribution in [3.05, 3.63) is 29.6 Å². The van der Waals surface area contributed by atoms with E-state index in [0.29, 0.717) is 11.6 Å². The molecule has 7 nitrogen and oxygen atoms in total. The van der Waals surface area contributed by atoms with Crippen molar-refractivity contribution in [2.45, 2.75) is 6.92 Å². The molecule has 1 N–H and O–H groups in total. The number of aryl methyl sites for hydroxylation is 1. The molecule has 0 saturated heterocycles. The van der Waals surface area contributed by atoms with Gasteiger partial charge in [0.25, 0.3) is 5.91 Å². The number of nitrogens with zero attached hydrogens (tertiary/aromatic N) is 3. The number of rotatable bonds is 3. The van der Waals surface area contributed by atoms with Crippen LogP contribution in [0, 0.1) is 6.92 Å². The number of amides is 1. The van der Waals surface area contributed by atoms with E-state index >= 15 is 0 Å². The molecule has 2 rings (SSSR count). The van der Waals surface area contributed by atoms with Gasteiger partial charge < -0.3 is 9.26 Å². The van der Waals surface area contributed by atoms with Gasteiger partial charge in [-0.1, -0.05) is 5.16 Å². The van der Waals surface area contributed by atoms with Crippen molar-refractivity contribution in [3.8, 4) is 5.88 Å². The molecule has 2 aromatic heterocycles. The predicted molar refractivity (Wildman–Crippen MR) is 57.8 cm³/mol. The maximum absolute atomic E-state index is 11.7. The predicted octanol–water partition coefficient (Wildman–Crippen LogP) is 1.03. The SMILES string of the molecule is COc1ccc(C(=O)Nc2cc(C)no2)nn1. The Morgan fingerprint density at radius 3 is 2.76 bits per heavy atom. The van der Waals surface area contributed by atoms with Crippen LogP contribution in [0.15, 0.2) is 22.7 Å². The van der Waals surface area contributed by atoms with Crippen LogP contribution in [0.5, 0.6) is 5.88 Å². The summed E-state index contributed by atoms with van der Waals surface area (Å²) in [5.74, 6) is 0.193. The van der Waals surface area contributed by atoms with E-state index in [1.807, 2.05) is 0 Å². The zero-order valence-corrected chi connectivity index (χ0v) is 9.30. The van der Waals surface area contributed by atoms with Gasteiger partial charge in [0, 0.05) is 12.1 Å². The summed E-state index contributed by atoms with van der Waals surface area (Å²) in [7, 11) is 1.47. The van der Waals surface area contributed by atoms with Gasteiger partial charge in [0.15, 0.2) is 5.69 Å². The summed E-state index contributed by atoms with van der Waals surface area (Å²) in [6.07, 6.45) is 0. The fourth-order valence-corrected chi connectivity index (χ4v) is 1.15. The molecule has 88 valence electrons. The Balaban J connectivity index is 2.09. The minimum absolute atomic E-state index is 0.167. The van der Waals surface area contributed by atoms with Crippen LogP contribution in [-0.4, -0.2) is 28.4 Å². The number of hydrogen-bond acceptors (Lipinski definition) is 6. The molecule has 0 unspecified atom stereocenters. The smallest absolute Gasteiger partial charge is 0.278 e. The van der Waals surface area contributed by atoms with Crippen molar-refractivity contribution >= 4 is 11.8 Å². The van der Waals surface area contributed by atoms with Gasteiger partial charge in [-0.05, 0) is 13.0 Å². The number of carbonyl (C=O) groups is 1. The molecule has 0 bridgehead atoms. The van der Waals surface area contributed by atoms with Crippen LogP contribution in [0.2, 0.25) is 0 Å². The third-order valence-electron chi connectivity index (χ3n) is 1.95. The molecule has 17 heavy (non-hydrogen) atoms. The molecule has 2 heterocycles. The van der Waals surface area contributed by atoms with Crippen molar-refractivity contribution in [1.82, 2.24) is 15.4 Å². The summed E-state index contributed by atoms with van der Waals surface area (Å²) in [4.78, 5) is 11.7. The standard InChI is InChI=1S/C10H10N4O3/c1-6-5-9(17-14-6)11-10(15)7-3-4-8(16-2)13-12-7/h3-5H,1-2H3,(H,11,15). The lowest BCUT2D eigenvalue weighted by molar-refractivity contribution is 0.101. The number of hydrogen-bond donors (Lipinski definition) is 1. The molecule has 0 saturated carbocycles. The highest BCUT2D eigenvalue weighted by Gasteiger charge is 2.11. The minimum Gasteiger partial charge on any atom is -0.480 e. The molecule has 0 aliphatic rings. The molecular weight excluding hydrogens is 224 g/mol. The summed E-state index contributed by atoms with van der Waals surface area (Å²) in [6.45, 7) is 1.76. The summed E-state index contributed by atoms with van der Waals surface area (Å²) < 4.78 is 9.68. The van der Waals surface area contributed by atoms with Crippen LogP contribution < -0.4 is 10.1 Å². The number of carbonyl (C=O) groups excluding carboxylic acids is 1. The van der Waals surface area contributed by atoms with Crippen LogP contribution in [0.4, 0.5) is 5.88 Å². The Morgan fingerprint density at radius 2 is 2.24 bits per heavy atom. The van der Waals surface area contributed by atoms with Crippen LogP contribution in [-0.2, 0) is 0 Å². The molecule has 0 radical (unpaired) electrons. The first-order valence-corrected chi connectivity index (χ1v) is 4.81. The number of ether oxygens (including phenoxy) is 1. The van der Waals surface area contributed by atoms with Gasteiger partial charge in [-0.3, -0.25) is 10.1 Å². The van der Waals surface area contributed by atoms with Crippen molar-refractivity contribution in [1.29, 1.82) is 0 Å². The van der Waals surface area contributed by atoms with E-state index in [1.54, 1.807) is 19.1 Å². The van der Waals surface area contributed by atoms with Gasteiger partial charge in [-0.25, -0.2) is 0 Å². The second-order valence-electron chi connectivity index (χ2n) is 3.25. The lowest BCUT2D eigenvalue weighted by atomic mass is 10.3. The van der Waals surface area contributed by atoms with Gasteiger partial charge in [-0.15, -0.1) is 10.2 Å². The normalized spacial score (nSPS) is 10.0. The molecule has 0 aliphatic heterocycles. The molecule has 2 aromatic rings. The Labute approximate surface area is 96.8 Å². The lowest BCUT2D eigenvalue weighted by Crippen LogP contribution is -2.13. The van der Waals surface area contributed by atoms with Crippen molar-refractivity contribution in [3.63, 3.8) is 0 Å². The number of anilines is 1. The first-order chi connectivity index (χ1) is 8.19. The van der Waals surface area contributed by atoms with E-state index in [9.17, 15) is 4.79 Å². The van der Waals surface area contributed by atoms with E-state index in [0.717, 1.165) is 0 Å². The zero-order valence-electron chi connectivity index (χ0n) is 9.30. The Hall–Kier alpha value is -2.44. The highest BCUT2D eigenvalue weighted by Crippen LogP contribution is 2.10. The maximum Gasteiger partial charge on any atom is 0.278 e. The quantitative estimate of drug-likeness (QED) is 0.853. The second kappa shape index (κ2) is 4.60. The summed E-state index contributed by atoms with van der Waals surface area (Å²) in [5, 5.41) is 13.5. The van der Waals surface area contributed by atoms with E-state index in [2.05, 4.69) is 20.7 Å². The van der Waals surface area contributed by atoms with Crippen molar-refractivity contribution in [2.24, 2.45) is 0 Å². The fraction of sp³-hybridized carbons (Fsp3) is 0.200. The fourth-order valence-electron chi connectivity index (χ4n) is 1.15. The topological polar surface area (TPSA) is 90.1 Å². The zero-order chi connectivity index (χ0) is 12.3. The first kappa shape index (κ1) is 11.1. The Kier molecular flexibility index (Phi) is 2.99. The van der Waals surface area contributed by atoms with Gasteiger partial charge in [0.1, 0.15) is 0 Å². The molecule has 7 heteroatoms.